The van der Waals surface area contributed by atoms with Crippen LogP contribution in [-0.2, 0) is 4.79 Å². The van der Waals surface area contributed by atoms with E-state index >= 15 is 0 Å². The number of hydrogen-bond donors (Lipinski definition) is 2. The van der Waals surface area contributed by atoms with Gasteiger partial charge < -0.3 is 10.2 Å². The van der Waals surface area contributed by atoms with E-state index in [1.807, 2.05) is 0 Å². The molecule has 0 aromatic rings. The van der Waals surface area contributed by atoms with E-state index in [2.05, 4.69) is 11.7 Å². The summed E-state index contributed by atoms with van der Waals surface area (Å²) in [5.41, 5.74) is -2.03. The fraction of sp³-hybridized carbons (Fsp3) is 0.667. The van der Waals surface area contributed by atoms with E-state index in [4.69, 9.17) is 10.2 Å². The number of carboxylic acids is 1. The Morgan fingerprint density at radius 2 is 2.10 bits per heavy atom. The van der Waals surface area contributed by atoms with Crippen LogP contribution >= 0.6 is 0 Å². The SMILES string of the molecule is C=N[C@](O)(C(=O)O)C(C)C. The smallest absolute Gasteiger partial charge is 0.359 e. The summed E-state index contributed by atoms with van der Waals surface area (Å²) in [6.07, 6.45) is 0. The summed E-state index contributed by atoms with van der Waals surface area (Å²) < 4.78 is 0. The first-order valence-electron chi connectivity index (χ1n) is 2.88. The van der Waals surface area contributed by atoms with E-state index in [1.54, 1.807) is 13.8 Å². The number of nitrogens with zero attached hydrogens (tertiary/aromatic N) is 1. The van der Waals surface area contributed by atoms with E-state index in [9.17, 15) is 4.79 Å². The molecular formula is C6H11NO3. The molecule has 2 N–H and O–H groups in total. The number of aliphatic carboxylic acids is 1. The minimum atomic E-state index is -2.03. The maximum atomic E-state index is 10.3. The van der Waals surface area contributed by atoms with Gasteiger partial charge in [0.2, 0.25) is 0 Å². The molecular weight excluding hydrogens is 134 g/mol. The molecule has 0 unspecified atom stereocenters. The number of hydrogen-bond acceptors (Lipinski definition) is 3. The molecule has 4 nitrogen and oxygen atoms in total. The Labute approximate surface area is 59.2 Å². The molecule has 0 heterocycles. The largest absolute Gasteiger partial charge is 0.478 e. The molecule has 0 spiro atoms. The van der Waals surface area contributed by atoms with Crippen LogP contribution in [0.3, 0.4) is 0 Å². The van der Waals surface area contributed by atoms with Crippen LogP contribution in [0.4, 0.5) is 0 Å². The normalized spacial score (nSPS) is 16.4. The predicted molar refractivity (Wildman–Crippen MR) is 37.0 cm³/mol. The zero-order valence-corrected chi connectivity index (χ0v) is 6.03. The van der Waals surface area contributed by atoms with Gasteiger partial charge >= 0.3 is 5.97 Å². The van der Waals surface area contributed by atoms with Crippen molar-refractivity contribution in [3.8, 4) is 0 Å². The van der Waals surface area contributed by atoms with Gasteiger partial charge in [-0.2, -0.15) is 0 Å². The van der Waals surface area contributed by atoms with Crippen molar-refractivity contribution in [2.75, 3.05) is 0 Å². The Morgan fingerprint density at radius 3 is 2.10 bits per heavy atom. The van der Waals surface area contributed by atoms with Gasteiger partial charge in [0.25, 0.3) is 5.72 Å². The molecule has 0 amide bonds. The molecule has 4 heteroatoms. The maximum Gasteiger partial charge on any atom is 0.359 e. The molecule has 0 aromatic carbocycles. The lowest BCUT2D eigenvalue weighted by molar-refractivity contribution is -0.162. The van der Waals surface area contributed by atoms with E-state index in [-0.39, 0.29) is 0 Å². The van der Waals surface area contributed by atoms with Crippen molar-refractivity contribution in [3.05, 3.63) is 0 Å². The molecule has 10 heavy (non-hydrogen) atoms. The maximum absolute atomic E-state index is 10.3. The quantitative estimate of drug-likeness (QED) is 0.554. The zero-order valence-electron chi connectivity index (χ0n) is 6.03. The van der Waals surface area contributed by atoms with Crippen molar-refractivity contribution in [3.63, 3.8) is 0 Å². The zero-order chi connectivity index (χ0) is 8.36. The van der Waals surface area contributed by atoms with E-state index in [0.717, 1.165) is 0 Å². The molecule has 0 aliphatic rings. The van der Waals surface area contributed by atoms with Gasteiger partial charge in [0.05, 0.1) is 0 Å². The van der Waals surface area contributed by atoms with Crippen molar-refractivity contribution in [2.24, 2.45) is 10.9 Å². The minimum Gasteiger partial charge on any atom is -0.478 e. The Bertz CT molecular complexity index is 155. The first-order valence-corrected chi connectivity index (χ1v) is 2.88. The van der Waals surface area contributed by atoms with Gasteiger partial charge in [-0.05, 0) is 6.72 Å². The fourth-order valence-corrected chi connectivity index (χ4v) is 0.497. The van der Waals surface area contributed by atoms with Crippen LogP contribution in [0.15, 0.2) is 4.99 Å². The van der Waals surface area contributed by atoms with Crippen molar-refractivity contribution < 1.29 is 15.0 Å². The van der Waals surface area contributed by atoms with Crippen molar-refractivity contribution in [1.29, 1.82) is 0 Å². The van der Waals surface area contributed by atoms with Crippen LogP contribution in [0.25, 0.3) is 0 Å². The first kappa shape index (κ1) is 9.10. The van der Waals surface area contributed by atoms with Crippen molar-refractivity contribution in [1.82, 2.24) is 0 Å². The van der Waals surface area contributed by atoms with Gasteiger partial charge in [0, 0.05) is 5.92 Å². The highest BCUT2D eigenvalue weighted by Crippen LogP contribution is 2.17. The van der Waals surface area contributed by atoms with Crippen LogP contribution in [0.1, 0.15) is 13.8 Å². The van der Waals surface area contributed by atoms with Crippen LogP contribution in [0.5, 0.6) is 0 Å². The lowest BCUT2D eigenvalue weighted by Gasteiger charge is -2.21. The van der Waals surface area contributed by atoms with Crippen LogP contribution < -0.4 is 0 Å². The topological polar surface area (TPSA) is 69.9 Å². The predicted octanol–water partition coefficient (Wildman–Crippen LogP) is 0.116. The van der Waals surface area contributed by atoms with Gasteiger partial charge in [-0.25, -0.2) is 4.79 Å². The Kier molecular flexibility index (Phi) is 2.54. The average Bonchev–Trinajstić information content (AvgIpc) is 1.85. The summed E-state index contributed by atoms with van der Waals surface area (Å²) in [7, 11) is 0. The van der Waals surface area contributed by atoms with Crippen LogP contribution in [0.2, 0.25) is 0 Å². The molecule has 1 atom stereocenters. The third-order valence-electron chi connectivity index (χ3n) is 1.36. The third kappa shape index (κ3) is 1.33. The molecule has 0 radical (unpaired) electrons. The Morgan fingerprint density at radius 1 is 1.70 bits per heavy atom. The first-order chi connectivity index (χ1) is 4.45. The number of rotatable bonds is 3. The summed E-state index contributed by atoms with van der Waals surface area (Å²) >= 11 is 0. The Hall–Kier alpha value is -0.900. The van der Waals surface area contributed by atoms with Crippen molar-refractivity contribution >= 4 is 12.7 Å². The minimum absolute atomic E-state index is 0.470. The van der Waals surface area contributed by atoms with E-state index < -0.39 is 17.6 Å². The molecule has 0 saturated heterocycles. The van der Waals surface area contributed by atoms with Gasteiger partial charge in [-0.15, -0.1) is 0 Å². The summed E-state index contributed by atoms with van der Waals surface area (Å²) in [6.45, 7) is 6.11. The summed E-state index contributed by atoms with van der Waals surface area (Å²) in [5, 5.41) is 17.6. The highest BCUT2D eigenvalue weighted by Gasteiger charge is 2.37. The molecule has 0 aliphatic heterocycles. The highest BCUT2D eigenvalue weighted by molar-refractivity contribution is 5.77. The number of carboxylic acid groups (broad SMARTS) is 1. The number of carbonyl (C=O) groups is 1. The summed E-state index contributed by atoms with van der Waals surface area (Å²) in [6, 6.07) is 0. The second kappa shape index (κ2) is 2.79. The molecule has 0 saturated carbocycles. The fourth-order valence-electron chi connectivity index (χ4n) is 0.497. The molecule has 0 aromatic heterocycles. The van der Waals surface area contributed by atoms with E-state index in [0.29, 0.717) is 0 Å². The lowest BCUT2D eigenvalue weighted by Crippen LogP contribution is -2.41. The Balaban J connectivity index is 4.54. The van der Waals surface area contributed by atoms with E-state index in [1.165, 1.54) is 0 Å². The monoisotopic (exact) mass is 145 g/mol. The summed E-state index contributed by atoms with van der Waals surface area (Å²) in [4.78, 5) is 13.4. The lowest BCUT2D eigenvalue weighted by atomic mass is 10.0. The molecule has 58 valence electrons. The van der Waals surface area contributed by atoms with Gasteiger partial charge in [-0.3, -0.25) is 4.99 Å². The molecule has 0 aliphatic carbocycles. The molecule has 0 rings (SSSR count). The highest BCUT2D eigenvalue weighted by atomic mass is 16.4. The summed E-state index contributed by atoms with van der Waals surface area (Å²) in [5.74, 6) is -1.83. The number of aliphatic imine (C=N–C) groups is 1. The standard InChI is InChI=1S/C6H11NO3/c1-4(2)6(10,7-3)5(8)9/h4,10H,3H2,1-2H3,(H,8,9)/t6-/m1/s1. The average molecular weight is 145 g/mol. The van der Waals surface area contributed by atoms with Gasteiger partial charge in [0.1, 0.15) is 0 Å². The van der Waals surface area contributed by atoms with Gasteiger partial charge in [0.15, 0.2) is 0 Å². The van der Waals surface area contributed by atoms with Crippen LogP contribution in [0, 0.1) is 5.92 Å². The third-order valence-corrected chi connectivity index (χ3v) is 1.36. The van der Waals surface area contributed by atoms with Gasteiger partial charge in [-0.1, -0.05) is 13.8 Å². The molecule has 0 bridgehead atoms. The number of aliphatic hydroxyl groups is 1. The second-order valence-corrected chi connectivity index (χ2v) is 2.34. The van der Waals surface area contributed by atoms with Crippen molar-refractivity contribution in [2.45, 2.75) is 19.6 Å². The van der Waals surface area contributed by atoms with Crippen LogP contribution in [-0.4, -0.2) is 28.6 Å². The molecule has 0 fully saturated rings. The second-order valence-electron chi connectivity index (χ2n) is 2.34.